The Morgan fingerprint density at radius 2 is 2.15 bits per heavy atom. The smallest absolute Gasteiger partial charge is 0.335 e. The van der Waals surface area contributed by atoms with E-state index in [9.17, 15) is 4.79 Å². The van der Waals surface area contributed by atoms with Gasteiger partial charge in [0.15, 0.2) is 0 Å². The van der Waals surface area contributed by atoms with E-state index in [-0.39, 0.29) is 18.0 Å². The number of ether oxygens (including phenoxy) is 2. The van der Waals surface area contributed by atoms with Crippen molar-refractivity contribution in [1.29, 1.82) is 0 Å². The van der Waals surface area contributed by atoms with Crippen molar-refractivity contribution in [3.05, 3.63) is 12.2 Å². The highest BCUT2D eigenvalue weighted by atomic mass is 16.5. The predicted molar refractivity (Wildman–Crippen MR) is 49.3 cm³/mol. The standard InChI is InChI=1S/C10H16O3/c1-8-6-12-7-10(2,3)4-5-13-9(8)11/h1,4-7H2,2-3H3. The lowest BCUT2D eigenvalue weighted by Gasteiger charge is -2.22. The molecular weight excluding hydrogens is 168 g/mol. The SMILES string of the molecule is C=C1COCC(C)(C)CCOC1=O. The van der Waals surface area contributed by atoms with Crippen molar-refractivity contribution >= 4 is 5.97 Å². The van der Waals surface area contributed by atoms with Gasteiger partial charge in [0.05, 0.1) is 25.4 Å². The second-order valence-corrected chi connectivity index (χ2v) is 4.15. The lowest BCUT2D eigenvalue weighted by atomic mass is 9.91. The molecule has 3 nitrogen and oxygen atoms in total. The molecule has 0 aromatic rings. The van der Waals surface area contributed by atoms with Crippen LogP contribution in [0.1, 0.15) is 20.3 Å². The molecule has 1 saturated heterocycles. The molecule has 0 unspecified atom stereocenters. The molecule has 0 bridgehead atoms. The van der Waals surface area contributed by atoms with Crippen molar-refractivity contribution in [3.8, 4) is 0 Å². The second-order valence-electron chi connectivity index (χ2n) is 4.15. The van der Waals surface area contributed by atoms with Gasteiger partial charge in [-0.1, -0.05) is 20.4 Å². The number of carbonyl (C=O) groups is 1. The fourth-order valence-corrected chi connectivity index (χ4v) is 1.10. The summed E-state index contributed by atoms with van der Waals surface area (Å²) < 4.78 is 10.3. The van der Waals surface area contributed by atoms with E-state index in [1.54, 1.807) is 0 Å². The van der Waals surface area contributed by atoms with Crippen molar-refractivity contribution in [2.45, 2.75) is 20.3 Å². The van der Waals surface area contributed by atoms with Crippen LogP contribution in [0.3, 0.4) is 0 Å². The van der Waals surface area contributed by atoms with Crippen LogP contribution in [0.15, 0.2) is 12.2 Å². The fraction of sp³-hybridized carbons (Fsp3) is 0.700. The van der Waals surface area contributed by atoms with Gasteiger partial charge in [0.1, 0.15) is 0 Å². The molecule has 0 amide bonds. The fourth-order valence-electron chi connectivity index (χ4n) is 1.10. The minimum Gasteiger partial charge on any atom is -0.462 e. The highest BCUT2D eigenvalue weighted by Crippen LogP contribution is 2.22. The Morgan fingerprint density at radius 3 is 2.85 bits per heavy atom. The highest BCUT2D eigenvalue weighted by Gasteiger charge is 2.22. The van der Waals surface area contributed by atoms with Crippen LogP contribution in [0, 0.1) is 5.41 Å². The summed E-state index contributed by atoms with van der Waals surface area (Å²) in [6.45, 7) is 9.15. The maximum Gasteiger partial charge on any atom is 0.335 e. The molecule has 0 spiro atoms. The Bertz CT molecular complexity index is 196. The van der Waals surface area contributed by atoms with Crippen LogP contribution in [0.5, 0.6) is 0 Å². The molecule has 3 heteroatoms. The summed E-state index contributed by atoms with van der Waals surface area (Å²) in [4.78, 5) is 11.1. The summed E-state index contributed by atoms with van der Waals surface area (Å²) in [6.07, 6.45) is 0.825. The van der Waals surface area contributed by atoms with Crippen LogP contribution in [-0.4, -0.2) is 25.8 Å². The zero-order valence-corrected chi connectivity index (χ0v) is 8.26. The first-order valence-corrected chi connectivity index (χ1v) is 4.44. The van der Waals surface area contributed by atoms with Gasteiger partial charge in [-0.05, 0) is 11.8 Å². The number of rotatable bonds is 0. The van der Waals surface area contributed by atoms with E-state index >= 15 is 0 Å². The van der Waals surface area contributed by atoms with Gasteiger partial charge in [-0.25, -0.2) is 4.79 Å². The lowest BCUT2D eigenvalue weighted by molar-refractivity contribution is -0.139. The molecule has 0 saturated carbocycles. The Kier molecular flexibility index (Phi) is 3.09. The molecule has 0 radical (unpaired) electrons. The minimum atomic E-state index is -0.335. The van der Waals surface area contributed by atoms with E-state index in [2.05, 4.69) is 20.4 Å². The van der Waals surface area contributed by atoms with Gasteiger partial charge < -0.3 is 9.47 Å². The Balaban J connectivity index is 2.57. The molecule has 0 N–H and O–H groups in total. The van der Waals surface area contributed by atoms with Gasteiger partial charge in [-0.3, -0.25) is 0 Å². The van der Waals surface area contributed by atoms with Gasteiger partial charge in [0, 0.05) is 0 Å². The monoisotopic (exact) mass is 184 g/mol. The second kappa shape index (κ2) is 3.92. The molecule has 74 valence electrons. The first-order valence-electron chi connectivity index (χ1n) is 4.44. The van der Waals surface area contributed by atoms with E-state index in [1.165, 1.54) is 0 Å². The van der Waals surface area contributed by atoms with Crippen LogP contribution in [-0.2, 0) is 14.3 Å². The first kappa shape index (κ1) is 10.3. The number of hydrogen-bond donors (Lipinski definition) is 0. The quantitative estimate of drug-likeness (QED) is 0.423. The molecule has 0 aromatic carbocycles. The molecule has 1 aliphatic rings. The van der Waals surface area contributed by atoms with Crippen LogP contribution in [0.4, 0.5) is 0 Å². The third kappa shape index (κ3) is 3.19. The van der Waals surface area contributed by atoms with Crippen molar-refractivity contribution in [2.75, 3.05) is 19.8 Å². The molecule has 1 heterocycles. The molecule has 0 aliphatic carbocycles. The number of hydrogen-bond acceptors (Lipinski definition) is 3. The van der Waals surface area contributed by atoms with Crippen LogP contribution >= 0.6 is 0 Å². The van der Waals surface area contributed by atoms with Crippen molar-refractivity contribution in [3.63, 3.8) is 0 Å². The summed E-state index contributed by atoms with van der Waals surface area (Å²) in [7, 11) is 0. The minimum absolute atomic E-state index is 0.0743. The first-order chi connectivity index (χ1) is 6.01. The largest absolute Gasteiger partial charge is 0.462 e. The van der Waals surface area contributed by atoms with Crippen LogP contribution < -0.4 is 0 Å². The zero-order valence-electron chi connectivity index (χ0n) is 8.26. The van der Waals surface area contributed by atoms with E-state index < -0.39 is 0 Å². The summed E-state index contributed by atoms with van der Waals surface area (Å²) >= 11 is 0. The third-order valence-corrected chi connectivity index (χ3v) is 2.07. The summed E-state index contributed by atoms with van der Waals surface area (Å²) in [5.41, 5.74) is 0.475. The predicted octanol–water partition coefficient (Wildman–Crippen LogP) is 1.53. The molecule has 1 aliphatic heterocycles. The van der Waals surface area contributed by atoms with Gasteiger partial charge in [-0.15, -0.1) is 0 Å². The average molecular weight is 184 g/mol. The van der Waals surface area contributed by atoms with Crippen LogP contribution in [0.25, 0.3) is 0 Å². The summed E-state index contributed by atoms with van der Waals surface area (Å²) in [5.74, 6) is -0.335. The number of cyclic esters (lactones) is 1. The molecule has 1 rings (SSSR count). The Labute approximate surface area is 78.7 Å². The molecular formula is C10H16O3. The van der Waals surface area contributed by atoms with E-state index in [0.29, 0.717) is 18.8 Å². The zero-order chi connectivity index (χ0) is 9.90. The Morgan fingerprint density at radius 1 is 1.46 bits per heavy atom. The number of esters is 1. The van der Waals surface area contributed by atoms with Crippen molar-refractivity contribution in [1.82, 2.24) is 0 Å². The molecule has 0 atom stereocenters. The third-order valence-electron chi connectivity index (χ3n) is 2.07. The molecule has 13 heavy (non-hydrogen) atoms. The Hall–Kier alpha value is -0.830. The van der Waals surface area contributed by atoms with E-state index in [4.69, 9.17) is 9.47 Å². The summed E-state index contributed by atoms with van der Waals surface area (Å²) in [5, 5.41) is 0. The topological polar surface area (TPSA) is 35.5 Å². The maximum absolute atomic E-state index is 11.1. The van der Waals surface area contributed by atoms with Crippen molar-refractivity contribution < 1.29 is 14.3 Å². The molecule has 0 aromatic heterocycles. The van der Waals surface area contributed by atoms with E-state index in [0.717, 1.165) is 6.42 Å². The van der Waals surface area contributed by atoms with Crippen LogP contribution in [0.2, 0.25) is 0 Å². The normalized spacial score (nSPS) is 24.2. The van der Waals surface area contributed by atoms with Gasteiger partial charge >= 0.3 is 5.97 Å². The number of carbonyl (C=O) groups excluding carboxylic acids is 1. The highest BCUT2D eigenvalue weighted by molar-refractivity contribution is 5.87. The maximum atomic E-state index is 11.1. The average Bonchev–Trinajstić information content (AvgIpc) is 2.06. The summed E-state index contributed by atoms with van der Waals surface area (Å²) in [6, 6.07) is 0. The van der Waals surface area contributed by atoms with Crippen molar-refractivity contribution in [2.24, 2.45) is 5.41 Å². The lowest BCUT2D eigenvalue weighted by Crippen LogP contribution is -2.20. The van der Waals surface area contributed by atoms with E-state index in [1.807, 2.05) is 0 Å². The van der Waals surface area contributed by atoms with Gasteiger partial charge in [0.25, 0.3) is 0 Å². The van der Waals surface area contributed by atoms with Gasteiger partial charge in [-0.2, -0.15) is 0 Å². The van der Waals surface area contributed by atoms with Gasteiger partial charge in [0.2, 0.25) is 0 Å². The molecule has 1 fully saturated rings.